The summed E-state index contributed by atoms with van der Waals surface area (Å²) in [5, 5.41) is 0. The van der Waals surface area contributed by atoms with Crippen LogP contribution in [0.1, 0.15) is 23.0 Å². The van der Waals surface area contributed by atoms with Crippen molar-refractivity contribution in [1.29, 1.82) is 0 Å². The molecule has 132 valence electrons. The predicted molar refractivity (Wildman–Crippen MR) is 91.9 cm³/mol. The first-order chi connectivity index (χ1) is 12.6. The molecule has 0 unspecified atom stereocenters. The Kier molecular flexibility index (Phi) is 4.88. The van der Waals surface area contributed by atoms with Gasteiger partial charge in [-0.1, -0.05) is 30.3 Å². The van der Waals surface area contributed by atoms with E-state index in [2.05, 4.69) is 15.4 Å². The lowest BCUT2D eigenvalue weighted by atomic mass is 10.1. The number of ketones is 1. The molecule has 1 amide bonds. The van der Waals surface area contributed by atoms with Crippen molar-refractivity contribution >= 4 is 11.9 Å². The second-order valence-corrected chi connectivity index (χ2v) is 5.09. The zero-order valence-corrected chi connectivity index (χ0v) is 13.8. The lowest BCUT2D eigenvalue weighted by molar-refractivity contribution is 0.103. The second-order valence-electron chi connectivity index (χ2n) is 5.09. The molecule has 0 atom stereocenters. The van der Waals surface area contributed by atoms with E-state index >= 15 is 0 Å². The van der Waals surface area contributed by atoms with Gasteiger partial charge in [-0.05, 0) is 6.92 Å². The lowest BCUT2D eigenvalue weighted by Gasteiger charge is -2.08. The Labute approximate surface area is 147 Å². The molecule has 0 bridgehead atoms. The molecule has 26 heavy (non-hydrogen) atoms. The van der Waals surface area contributed by atoms with Gasteiger partial charge < -0.3 is 4.74 Å². The summed E-state index contributed by atoms with van der Waals surface area (Å²) in [5.41, 5.74) is 1.91. The molecule has 2 aromatic heterocycles. The van der Waals surface area contributed by atoms with Crippen molar-refractivity contribution in [1.82, 2.24) is 19.2 Å². The Bertz CT molecular complexity index is 979. The Balaban J connectivity index is 2.11. The average Bonchev–Trinajstić information content (AvgIpc) is 2.99. The molecule has 3 rings (SSSR count). The van der Waals surface area contributed by atoms with Gasteiger partial charge in [-0.2, -0.15) is 4.68 Å². The summed E-state index contributed by atoms with van der Waals surface area (Å²) in [6.07, 6.45) is 4.68. The highest BCUT2D eigenvalue weighted by Gasteiger charge is 2.22. The molecule has 2 heterocycles. The number of carbonyl (C=O) groups is 2. The van der Waals surface area contributed by atoms with Crippen LogP contribution in [0.15, 0.2) is 59.9 Å². The van der Waals surface area contributed by atoms with Gasteiger partial charge in [0.25, 0.3) is 0 Å². The van der Waals surface area contributed by atoms with Crippen LogP contribution >= 0.6 is 0 Å². The molecule has 9 nitrogen and oxygen atoms in total. The molecule has 0 saturated carbocycles. The SMILES string of the molecule is CCOC(=O)Nn1c(C(=O)c2ccccc2)cn(-c2cnccn2)c1=O. The minimum absolute atomic E-state index is 0.0418. The van der Waals surface area contributed by atoms with Gasteiger partial charge in [0.1, 0.15) is 5.69 Å². The van der Waals surface area contributed by atoms with Crippen molar-refractivity contribution in [2.45, 2.75) is 6.92 Å². The van der Waals surface area contributed by atoms with Crippen LogP contribution in [0, 0.1) is 0 Å². The summed E-state index contributed by atoms with van der Waals surface area (Å²) in [6, 6.07) is 8.40. The van der Waals surface area contributed by atoms with E-state index in [4.69, 9.17) is 4.74 Å². The van der Waals surface area contributed by atoms with Crippen molar-refractivity contribution in [3.8, 4) is 5.82 Å². The highest BCUT2D eigenvalue weighted by atomic mass is 16.6. The number of hydrogen-bond donors (Lipinski definition) is 1. The van der Waals surface area contributed by atoms with Crippen molar-refractivity contribution in [3.05, 3.63) is 76.9 Å². The molecule has 1 aromatic carbocycles. The van der Waals surface area contributed by atoms with E-state index in [0.717, 1.165) is 9.24 Å². The largest absolute Gasteiger partial charge is 0.449 e. The number of imidazole rings is 1. The van der Waals surface area contributed by atoms with Crippen LogP contribution in [0.3, 0.4) is 0 Å². The summed E-state index contributed by atoms with van der Waals surface area (Å²) in [4.78, 5) is 45.2. The van der Waals surface area contributed by atoms with E-state index in [1.807, 2.05) is 0 Å². The van der Waals surface area contributed by atoms with Gasteiger partial charge in [-0.25, -0.2) is 24.6 Å². The molecule has 0 spiro atoms. The monoisotopic (exact) mass is 353 g/mol. The van der Waals surface area contributed by atoms with Crippen LogP contribution in [-0.2, 0) is 4.74 Å². The van der Waals surface area contributed by atoms with E-state index < -0.39 is 17.6 Å². The minimum Gasteiger partial charge on any atom is -0.449 e. The van der Waals surface area contributed by atoms with E-state index in [9.17, 15) is 14.4 Å². The summed E-state index contributed by atoms with van der Waals surface area (Å²) in [7, 11) is 0. The molecule has 0 aliphatic heterocycles. The molecule has 0 saturated heterocycles. The number of carbonyl (C=O) groups excluding carboxylic acids is 2. The third kappa shape index (κ3) is 3.36. The van der Waals surface area contributed by atoms with Gasteiger partial charge in [-0.3, -0.25) is 9.78 Å². The lowest BCUT2D eigenvalue weighted by Crippen LogP contribution is -2.36. The van der Waals surface area contributed by atoms with E-state index in [1.54, 1.807) is 37.3 Å². The van der Waals surface area contributed by atoms with Gasteiger partial charge in [0.05, 0.1) is 12.8 Å². The van der Waals surface area contributed by atoms with Crippen LogP contribution in [0.4, 0.5) is 4.79 Å². The van der Waals surface area contributed by atoms with Gasteiger partial charge in [0.2, 0.25) is 5.78 Å². The molecule has 3 aromatic rings. The molecular formula is C17H15N5O4. The Hall–Kier alpha value is -3.75. The predicted octanol–water partition coefficient (Wildman–Crippen LogP) is 1.36. The highest BCUT2D eigenvalue weighted by Crippen LogP contribution is 2.10. The Morgan fingerprint density at radius 1 is 1.19 bits per heavy atom. The quantitative estimate of drug-likeness (QED) is 0.694. The van der Waals surface area contributed by atoms with E-state index in [1.165, 1.54) is 24.8 Å². The number of aromatic nitrogens is 4. The number of nitrogens with zero attached hydrogens (tertiary/aromatic N) is 4. The van der Waals surface area contributed by atoms with Crippen molar-refractivity contribution in [3.63, 3.8) is 0 Å². The second kappa shape index (κ2) is 7.43. The molecule has 0 fully saturated rings. The number of nitrogens with one attached hydrogen (secondary N) is 1. The van der Waals surface area contributed by atoms with Gasteiger partial charge in [0, 0.05) is 24.2 Å². The maximum absolute atomic E-state index is 12.8. The normalized spacial score (nSPS) is 10.3. The van der Waals surface area contributed by atoms with Crippen LogP contribution in [0.25, 0.3) is 5.82 Å². The first-order valence-electron chi connectivity index (χ1n) is 7.76. The number of ether oxygens (including phenoxy) is 1. The third-order valence-electron chi connectivity index (χ3n) is 3.43. The smallest absolute Gasteiger partial charge is 0.426 e. The molecular weight excluding hydrogens is 338 g/mol. The van der Waals surface area contributed by atoms with Crippen LogP contribution in [-0.4, -0.2) is 37.7 Å². The molecule has 9 heteroatoms. The summed E-state index contributed by atoms with van der Waals surface area (Å²) in [6.45, 7) is 1.75. The first kappa shape index (κ1) is 17.1. The Morgan fingerprint density at radius 2 is 1.96 bits per heavy atom. The van der Waals surface area contributed by atoms with Gasteiger partial charge >= 0.3 is 11.8 Å². The molecule has 0 aliphatic carbocycles. The minimum atomic E-state index is -0.853. The van der Waals surface area contributed by atoms with E-state index in [-0.39, 0.29) is 18.1 Å². The van der Waals surface area contributed by atoms with Crippen molar-refractivity contribution in [2.24, 2.45) is 0 Å². The van der Waals surface area contributed by atoms with E-state index in [0.29, 0.717) is 5.56 Å². The summed E-state index contributed by atoms with van der Waals surface area (Å²) in [5.74, 6) is -0.230. The first-order valence-corrected chi connectivity index (χ1v) is 7.76. The number of rotatable bonds is 5. The number of amides is 1. The van der Waals surface area contributed by atoms with Crippen molar-refractivity contribution in [2.75, 3.05) is 12.0 Å². The number of benzene rings is 1. The van der Waals surface area contributed by atoms with Crippen LogP contribution < -0.4 is 11.1 Å². The third-order valence-corrected chi connectivity index (χ3v) is 3.43. The van der Waals surface area contributed by atoms with Gasteiger partial charge in [0.15, 0.2) is 5.82 Å². The fraction of sp³-hybridized carbons (Fsp3) is 0.118. The summed E-state index contributed by atoms with van der Waals surface area (Å²) >= 11 is 0. The topological polar surface area (TPSA) is 108 Å². The Morgan fingerprint density at radius 3 is 2.62 bits per heavy atom. The molecule has 1 N–H and O–H groups in total. The van der Waals surface area contributed by atoms with Crippen molar-refractivity contribution < 1.29 is 14.3 Å². The zero-order chi connectivity index (χ0) is 18.5. The maximum atomic E-state index is 12.8. The van der Waals surface area contributed by atoms with Crippen LogP contribution in [0.2, 0.25) is 0 Å². The average molecular weight is 353 g/mol. The van der Waals surface area contributed by atoms with Gasteiger partial charge in [-0.15, -0.1) is 0 Å². The maximum Gasteiger partial charge on any atom is 0.426 e. The van der Waals surface area contributed by atoms with Crippen LogP contribution in [0.5, 0.6) is 0 Å². The number of hydrogen-bond acceptors (Lipinski definition) is 6. The standard InChI is InChI=1S/C17H15N5O4/c1-2-26-16(24)20-22-13(15(23)12-6-4-3-5-7-12)11-21(17(22)25)14-10-18-8-9-19-14/h3-11H,2H2,1H3,(H,20,24). The fourth-order valence-electron chi connectivity index (χ4n) is 2.29. The highest BCUT2D eigenvalue weighted by molar-refractivity contribution is 6.08. The molecule has 0 radical (unpaired) electrons. The zero-order valence-electron chi connectivity index (χ0n) is 13.8. The fourth-order valence-corrected chi connectivity index (χ4v) is 2.29. The molecule has 0 aliphatic rings. The summed E-state index contributed by atoms with van der Waals surface area (Å²) < 4.78 is 6.75.